The molecular formula is C13H14F3N3S. The molecule has 2 aromatic rings. The Balaban J connectivity index is 2.11. The van der Waals surface area contributed by atoms with E-state index in [9.17, 15) is 13.2 Å². The zero-order valence-corrected chi connectivity index (χ0v) is 11.6. The zero-order chi connectivity index (χ0) is 14.8. The summed E-state index contributed by atoms with van der Waals surface area (Å²) >= 11 is 1.39. The molecule has 0 radical (unpaired) electrons. The fraction of sp³-hybridized carbons (Fsp3) is 0.308. The Hall–Kier alpha value is -1.47. The molecule has 0 amide bonds. The Morgan fingerprint density at radius 3 is 2.65 bits per heavy atom. The molecule has 1 atom stereocenters. The molecule has 20 heavy (non-hydrogen) atoms. The van der Waals surface area contributed by atoms with E-state index in [1.165, 1.54) is 23.9 Å². The highest BCUT2D eigenvalue weighted by Gasteiger charge is 2.34. The highest BCUT2D eigenvalue weighted by atomic mass is 32.2. The van der Waals surface area contributed by atoms with Crippen LogP contribution in [0.25, 0.3) is 0 Å². The summed E-state index contributed by atoms with van der Waals surface area (Å²) in [6.45, 7) is 0. The van der Waals surface area contributed by atoms with Crippen molar-refractivity contribution in [3.63, 3.8) is 0 Å². The van der Waals surface area contributed by atoms with Gasteiger partial charge in [0, 0.05) is 29.9 Å². The van der Waals surface area contributed by atoms with E-state index in [4.69, 9.17) is 5.73 Å². The molecule has 0 spiro atoms. The van der Waals surface area contributed by atoms with Gasteiger partial charge in [-0.05, 0) is 11.6 Å². The van der Waals surface area contributed by atoms with Crippen molar-refractivity contribution in [2.75, 3.05) is 5.75 Å². The van der Waals surface area contributed by atoms with Crippen molar-refractivity contribution in [2.24, 2.45) is 12.8 Å². The molecule has 1 aromatic heterocycles. The molecule has 108 valence electrons. The number of aromatic nitrogens is 2. The maximum atomic E-state index is 12.9. The minimum Gasteiger partial charge on any atom is -0.323 e. The summed E-state index contributed by atoms with van der Waals surface area (Å²) in [5, 5.41) is 4.00. The Kier molecular flexibility index (Phi) is 4.39. The SMILES string of the molecule is Cn1cc(SCC(N)c2ccccc2C(F)(F)F)cn1. The molecule has 0 saturated carbocycles. The average Bonchev–Trinajstić information content (AvgIpc) is 2.81. The molecule has 0 aliphatic carbocycles. The molecule has 3 nitrogen and oxygen atoms in total. The van der Waals surface area contributed by atoms with Crippen LogP contribution in [0.5, 0.6) is 0 Å². The number of nitrogens with two attached hydrogens (primary N) is 1. The van der Waals surface area contributed by atoms with E-state index < -0.39 is 17.8 Å². The number of hydrogen-bond donors (Lipinski definition) is 1. The van der Waals surface area contributed by atoms with E-state index in [1.807, 2.05) is 0 Å². The molecule has 0 aliphatic heterocycles. The third-order valence-corrected chi connectivity index (χ3v) is 3.85. The van der Waals surface area contributed by atoms with Gasteiger partial charge in [0.1, 0.15) is 0 Å². The summed E-state index contributed by atoms with van der Waals surface area (Å²) in [4.78, 5) is 0.882. The Morgan fingerprint density at radius 2 is 2.05 bits per heavy atom. The van der Waals surface area contributed by atoms with E-state index in [-0.39, 0.29) is 5.56 Å². The second kappa shape index (κ2) is 5.88. The molecule has 7 heteroatoms. The second-order valence-corrected chi connectivity index (χ2v) is 5.45. The van der Waals surface area contributed by atoms with Crippen LogP contribution in [0.4, 0.5) is 13.2 Å². The van der Waals surface area contributed by atoms with Crippen molar-refractivity contribution in [3.05, 3.63) is 47.8 Å². The Morgan fingerprint density at radius 1 is 1.35 bits per heavy atom. The van der Waals surface area contributed by atoms with Crippen molar-refractivity contribution >= 4 is 11.8 Å². The molecule has 2 rings (SSSR count). The van der Waals surface area contributed by atoms with Gasteiger partial charge >= 0.3 is 6.18 Å². The van der Waals surface area contributed by atoms with Crippen LogP contribution in [0.3, 0.4) is 0 Å². The number of benzene rings is 1. The molecule has 2 N–H and O–H groups in total. The molecular weight excluding hydrogens is 287 g/mol. The summed E-state index contributed by atoms with van der Waals surface area (Å²) in [5.74, 6) is 0.360. The van der Waals surface area contributed by atoms with Crippen LogP contribution in [0, 0.1) is 0 Å². The summed E-state index contributed by atoms with van der Waals surface area (Å²) in [6, 6.07) is 4.74. The summed E-state index contributed by atoms with van der Waals surface area (Å²) in [7, 11) is 1.78. The van der Waals surface area contributed by atoms with E-state index in [0.717, 1.165) is 11.0 Å². The molecule has 0 fully saturated rings. The van der Waals surface area contributed by atoms with Crippen molar-refractivity contribution in [1.82, 2.24) is 9.78 Å². The number of hydrogen-bond acceptors (Lipinski definition) is 3. The van der Waals surface area contributed by atoms with Gasteiger partial charge in [-0.2, -0.15) is 18.3 Å². The van der Waals surface area contributed by atoms with Crippen molar-refractivity contribution in [1.29, 1.82) is 0 Å². The number of thioether (sulfide) groups is 1. The van der Waals surface area contributed by atoms with E-state index in [0.29, 0.717) is 5.75 Å². The lowest BCUT2D eigenvalue weighted by Gasteiger charge is -2.17. The summed E-state index contributed by atoms with van der Waals surface area (Å²) in [6.07, 6.45) is -0.923. The lowest BCUT2D eigenvalue weighted by Crippen LogP contribution is -2.19. The van der Waals surface area contributed by atoms with Crippen LogP contribution in [-0.2, 0) is 13.2 Å². The fourth-order valence-corrected chi connectivity index (χ4v) is 2.73. The first-order valence-corrected chi connectivity index (χ1v) is 6.89. The van der Waals surface area contributed by atoms with Gasteiger partial charge < -0.3 is 5.73 Å². The summed E-state index contributed by atoms with van der Waals surface area (Å²) in [5.41, 5.74) is 5.35. The molecule has 1 aromatic carbocycles. The minimum atomic E-state index is -4.38. The second-order valence-electron chi connectivity index (χ2n) is 4.35. The smallest absolute Gasteiger partial charge is 0.323 e. The first-order valence-electron chi connectivity index (χ1n) is 5.91. The molecule has 0 aliphatic rings. The van der Waals surface area contributed by atoms with Gasteiger partial charge in [0.15, 0.2) is 0 Å². The van der Waals surface area contributed by atoms with E-state index in [1.54, 1.807) is 30.2 Å². The van der Waals surface area contributed by atoms with Crippen molar-refractivity contribution in [2.45, 2.75) is 17.1 Å². The third kappa shape index (κ3) is 3.55. The lowest BCUT2D eigenvalue weighted by molar-refractivity contribution is -0.138. The van der Waals surface area contributed by atoms with Crippen LogP contribution in [0.1, 0.15) is 17.2 Å². The van der Waals surface area contributed by atoms with E-state index in [2.05, 4.69) is 5.10 Å². The number of nitrogens with zero attached hydrogens (tertiary/aromatic N) is 2. The number of aryl methyl sites for hydroxylation is 1. The molecule has 0 saturated heterocycles. The predicted octanol–water partition coefficient (Wildman–Crippen LogP) is 3.23. The van der Waals surface area contributed by atoms with Gasteiger partial charge in [-0.25, -0.2) is 0 Å². The first kappa shape index (κ1) is 14.9. The molecule has 1 heterocycles. The number of alkyl halides is 3. The highest BCUT2D eigenvalue weighted by Crippen LogP contribution is 2.35. The lowest BCUT2D eigenvalue weighted by atomic mass is 10.0. The van der Waals surface area contributed by atoms with Gasteiger partial charge in [-0.1, -0.05) is 18.2 Å². The number of halogens is 3. The van der Waals surface area contributed by atoms with Gasteiger partial charge in [0.2, 0.25) is 0 Å². The van der Waals surface area contributed by atoms with Gasteiger partial charge in [0.05, 0.1) is 11.8 Å². The summed E-state index contributed by atoms with van der Waals surface area (Å²) < 4.78 is 40.3. The van der Waals surface area contributed by atoms with Gasteiger partial charge in [0.25, 0.3) is 0 Å². The maximum Gasteiger partial charge on any atom is 0.416 e. The van der Waals surface area contributed by atoms with Crippen LogP contribution in [0.15, 0.2) is 41.6 Å². The third-order valence-electron chi connectivity index (χ3n) is 2.78. The Labute approximate surface area is 119 Å². The van der Waals surface area contributed by atoms with Gasteiger partial charge in [-0.3, -0.25) is 4.68 Å². The number of rotatable bonds is 4. The standard InChI is InChI=1S/C13H14F3N3S/c1-19-7-9(6-18-19)20-8-12(17)10-4-2-3-5-11(10)13(14,15)16/h2-7,12H,8,17H2,1H3. The van der Waals surface area contributed by atoms with Crippen LogP contribution in [0.2, 0.25) is 0 Å². The monoisotopic (exact) mass is 301 g/mol. The molecule has 0 bridgehead atoms. The minimum absolute atomic E-state index is 0.122. The van der Waals surface area contributed by atoms with Crippen molar-refractivity contribution < 1.29 is 13.2 Å². The van der Waals surface area contributed by atoms with Crippen LogP contribution in [-0.4, -0.2) is 15.5 Å². The molecule has 1 unspecified atom stereocenters. The average molecular weight is 301 g/mol. The maximum absolute atomic E-state index is 12.9. The van der Waals surface area contributed by atoms with Gasteiger partial charge in [-0.15, -0.1) is 11.8 Å². The topological polar surface area (TPSA) is 43.8 Å². The quantitative estimate of drug-likeness (QED) is 0.882. The first-order chi connectivity index (χ1) is 9.38. The highest BCUT2D eigenvalue weighted by molar-refractivity contribution is 7.99. The fourth-order valence-electron chi connectivity index (χ4n) is 1.83. The largest absolute Gasteiger partial charge is 0.416 e. The van der Waals surface area contributed by atoms with Crippen LogP contribution >= 0.6 is 11.8 Å². The Bertz CT molecular complexity index is 580. The van der Waals surface area contributed by atoms with Crippen molar-refractivity contribution in [3.8, 4) is 0 Å². The normalized spacial score (nSPS) is 13.4. The van der Waals surface area contributed by atoms with Crippen LogP contribution < -0.4 is 5.73 Å². The zero-order valence-electron chi connectivity index (χ0n) is 10.8. The predicted molar refractivity (Wildman–Crippen MR) is 72.3 cm³/mol. The van der Waals surface area contributed by atoms with E-state index >= 15 is 0 Å².